The summed E-state index contributed by atoms with van der Waals surface area (Å²) in [6.07, 6.45) is 4.74. The normalized spacial score (nSPS) is 32.8. The molecule has 2 unspecified atom stereocenters. The quantitative estimate of drug-likeness (QED) is 0.813. The van der Waals surface area contributed by atoms with Crippen molar-refractivity contribution in [3.63, 3.8) is 0 Å². The second-order valence-corrected chi connectivity index (χ2v) is 7.36. The SMILES string of the molecule is CC(C)N1CCC(CNC(=O)C2CC23CCNCC3)C1. The van der Waals surface area contributed by atoms with Crippen LogP contribution in [0, 0.1) is 17.3 Å². The molecule has 2 atom stereocenters. The molecule has 4 heteroatoms. The largest absolute Gasteiger partial charge is 0.356 e. The lowest BCUT2D eigenvalue weighted by molar-refractivity contribution is -0.123. The molecule has 4 nitrogen and oxygen atoms in total. The summed E-state index contributed by atoms with van der Waals surface area (Å²) in [5.41, 5.74) is 0.370. The minimum Gasteiger partial charge on any atom is -0.356 e. The number of nitrogens with zero attached hydrogens (tertiary/aromatic N) is 1. The Morgan fingerprint density at radius 2 is 2.15 bits per heavy atom. The van der Waals surface area contributed by atoms with E-state index in [9.17, 15) is 4.79 Å². The molecule has 0 aromatic rings. The van der Waals surface area contributed by atoms with Crippen molar-refractivity contribution in [1.29, 1.82) is 0 Å². The highest BCUT2D eigenvalue weighted by atomic mass is 16.2. The number of nitrogens with one attached hydrogen (secondary N) is 2. The Hall–Kier alpha value is -0.610. The van der Waals surface area contributed by atoms with E-state index in [0.717, 1.165) is 32.6 Å². The van der Waals surface area contributed by atoms with Gasteiger partial charge in [0.05, 0.1) is 0 Å². The van der Waals surface area contributed by atoms with Gasteiger partial charge in [0, 0.05) is 25.0 Å². The molecule has 3 fully saturated rings. The highest BCUT2D eigenvalue weighted by Crippen LogP contribution is 2.58. The van der Waals surface area contributed by atoms with Crippen molar-refractivity contribution in [2.24, 2.45) is 17.3 Å². The molecule has 1 saturated carbocycles. The van der Waals surface area contributed by atoms with Crippen molar-refractivity contribution in [2.45, 2.75) is 45.6 Å². The number of likely N-dealkylation sites (tertiary alicyclic amines) is 1. The van der Waals surface area contributed by atoms with E-state index in [1.165, 1.54) is 25.8 Å². The van der Waals surface area contributed by atoms with E-state index in [0.29, 0.717) is 29.2 Å². The van der Waals surface area contributed by atoms with Crippen LogP contribution in [0.1, 0.15) is 39.5 Å². The van der Waals surface area contributed by atoms with Gasteiger partial charge in [0.25, 0.3) is 0 Å². The van der Waals surface area contributed by atoms with Crippen LogP contribution in [0.3, 0.4) is 0 Å². The Kier molecular flexibility index (Phi) is 4.04. The van der Waals surface area contributed by atoms with Gasteiger partial charge in [-0.05, 0) is 70.5 Å². The first kappa shape index (κ1) is 14.3. The zero-order chi connectivity index (χ0) is 14.2. The number of hydrogen-bond acceptors (Lipinski definition) is 3. The Bertz CT molecular complexity index is 363. The van der Waals surface area contributed by atoms with Gasteiger partial charge in [-0.1, -0.05) is 0 Å². The second-order valence-electron chi connectivity index (χ2n) is 7.36. The Morgan fingerprint density at radius 1 is 1.40 bits per heavy atom. The Balaban J connectivity index is 1.40. The molecular formula is C16H29N3O. The third-order valence-corrected chi connectivity index (χ3v) is 5.72. The van der Waals surface area contributed by atoms with Gasteiger partial charge in [0.1, 0.15) is 0 Å². The summed E-state index contributed by atoms with van der Waals surface area (Å²) in [5, 5.41) is 6.63. The Labute approximate surface area is 122 Å². The van der Waals surface area contributed by atoms with Crippen LogP contribution in [0.2, 0.25) is 0 Å². The molecule has 0 radical (unpaired) electrons. The van der Waals surface area contributed by atoms with E-state index in [-0.39, 0.29) is 0 Å². The van der Waals surface area contributed by atoms with Gasteiger partial charge >= 0.3 is 0 Å². The van der Waals surface area contributed by atoms with Crippen LogP contribution in [0.15, 0.2) is 0 Å². The summed E-state index contributed by atoms with van der Waals surface area (Å²) in [5.74, 6) is 1.30. The maximum atomic E-state index is 12.3. The summed E-state index contributed by atoms with van der Waals surface area (Å²) in [7, 11) is 0. The van der Waals surface area contributed by atoms with Crippen molar-refractivity contribution in [3.8, 4) is 0 Å². The number of carbonyl (C=O) groups is 1. The van der Waals surface area contributed by atoms with Gasteiger partial charge in [-0.25, -0.2) is 0 Å². The molecule has 3 rings (SSSR count). The molecule has 114 valence electrons. The summed E-state index contributed by atoms with van der Waals surface area (Å²) in [4.78, 5) is 14.8. The maximum Gasteiger partial charge on any atom is 0.223 e. The number of piperidine rings is 1. The summed E-state index contributed by atoms with van der Waals surface area (Å²) >= 11 is 0. The molecule has 3 aliphatic rings. The van der Waals surface area contributed by atoms with Crippen molar-refractivity contribution >= 4 is 5.91 Å². The first-order chi connectivity index (χ1) is 9.61. The molecule has 1 amide bonds. The topological polar surface area (TPSA) is 44.4 Å². The number of carbonyl (C=O) groups excluding carboxylic acids is 1. The lowest BCUT2D eigenvalue weighted by atomic mass is 9.91. The lowest BCUT2D eigenvalue weighted by Gasteiger charge is -2.23. The predicted molar refractivity (Wildman–Crippen MR) is 80.5 cm³/mol. The highest BCUT2D eigenvalue weighted by molar-refractivity contribution is 5.82. The van der Waals surface area contributed by atoms with Gasteiger partial charge in [0.2, 0.25) is 5.91 Å². The summed E-state index contributed by atoms with van der Waals surface area (Å²) in [6.45, 7) is 9.92. The smallest absolute Gasteiger partial charge is 0.223 e. The van der Waals surface area contributed by atoms with E-state index in [2.05, 4.69) is 29.4 Å². The van der Waals surface area contributed by atoms with Gasteiger partial charge in [-0.3, -0.25) is 4.79 Å². The standard InChI is InChI=1S/C16H29N3O/c1-12(2)19-8-3-13(11-19)10-18-15(20)14-9-16(14)4-6-17-7-5-16/h12-14,17H,3-11H2,1-2H3,(H,18,20). The van der Waals surface area contributed by atoms with Crippen LogP contribution in [-0.2, 0) is 4.79 Å². The molecule has 20 heavy (non-hydrogen) atoms. The van der Waals surface area contributed by atoms with Crippen LogP contribution >= 0.6 is 0 Å². The Morgan fingerprint density at radius 3 is 2.80 bits per heavy atom. The molecule has 0 bridgehead atoms. The van der Waals surface area contributed by atoms with E-state index in [4.69, 9.17) is 0 Å². The summed E-state index contributed by atoms with van der Waals surface area (Å²) < 4.78 is 0. The number of rotatable bonds is 4. The third-order valence-electron chi connectivity index (χ3n) is 5.72. The van der Waals surface area contributed by atoms with Gasteiger partial charge in [-0.2, -0.15) is 0 Å². The fourth-order valence-corrected chi connectivity index (χ4v) is 4.06. The maximum absolute atomic E-state index is 12.3. The van der Waals surface area contributed by atoms with E-state index < -0.39 is 0 Å². The average Bonchev–Trinajstić information content (AvgIpc) is 2.92. The van der Waals surface area contributed by atoms with E-state index in [1.54, 1.807) is 0 Å². The second kappa shape index (κ2) is 5.64. The molecule has 2 saturated heterocycles. The number of hydrogen-bond donors (Lipinski definition) is 2. The first-order valence-electron chi connectivity index (χ1n) is 8.33. The first-order valence-corrected chi connectivity index (χ1v) is 8.33. The fourth-order valence-electron chi connectivity index (χ4n) is 4.06. The van der Waals surface area contributed by atoms with Crippen LogP contribution in [0.5, 0.6) is 0 Å². The van der Waals surface area contributed by atoms with Crippen molar-refractivity contribution in [1.82, 2.24) is 15.5 Å². The van der Waals surface area contributed by atoms with Gasteiger partial charge in [-0.15, -0.1) is 0 Å². The zero-order valence-electron chi connectivity index (χ0n) is 13.0. The fraction of sp³-hybridized carbons (Fsp3) is 0.938. The molecular weight excluding hydrogens is 250 g/mol. The monoisotopic (exact) mass is 279 g/mol. The zero-order valence-corrected chi connectivity index (χ0v) is 13.0. The van der Waals surface area contributed by atoms with Crippen LogP contribution < -0.4 is 10.6 Å². The van der Waals surface area contributed by atoms with Gasteiger partial charge < -0.3 is 15.5 Å². The minimum absolute atomic E-state index is 0.312. The van der Waals surface area contributed by atoms with Gasteiger partial charge in [0.15, 0.2) is 0 Å². The van der Waals surface area contributed by atoms with Crippen LogP contribution in [-0.4, -0.2) is 49.6 Å². The predicted octanol–water partition coefficient (Wildman–Crippen LogP) is 1.22. The van der Waals surface area contributed by atoms with Crippen molar-refractivity contribution in [2.75, 3.05) is 32.7 Å². The average molecular weight is 279 g/mol. The minimum atomic E-state index is 0.312. The van der Waals surface area contributed by atoms with Crippen LogP contribution in [0.25, 0.3) is 0 Å². The van der Waals surface area contributed by atoms with Crippen molar-refractivity contribution in [3.05, 3.63) is 0 Å². The molecule has 1 spiro atoms. The molecule has 1 aliphatic carbocycles. The lowest BCUT2D eigenvalue weighted by Crippen LogP contribution is -2.36. The highest BCUT2D eigenvalue weighted by Gasteiger charge is 2.57. The van der Waals surface area contributed by atoms with E-state index >= 15 is 0 Å². The van der Waals surface area contributed by atoms with Crippen LogP contribution in [0.4, 0.5) is 0 Å². The molecule has 0 aromatic carbocycles. The summed E-state index contributed by atoms with van der Waals surface area (Å²) in [6, 6.07) is 0.636. The molecule has 2 heterocycles. The number of amides is 1. The molecule has 2 aliphatic heterocycles. The van der Waals surface area contributed by atoms with E-state index in [1.807, 2.05) is 0 Å². The third kappa shape index (κ3) is 2.86. The van der Waals surface area contributed by atoms with Crippen molar-refractivity contribution < 1.29 is 4.79 Å². The molecule has 2 N–H and O–H groups in total. The molecule has 0 aromatic heterocycles.